The third-order valence-electron chi connectivity index (χ3n) is 7.18. The van der Waals surface area contributed by atoms with Crippen molar-refractivity contribution in [1.29, 1.82) is 0 Å². The van der Waals surface area contributed by atoms with Gasteiger partial charge in [-0.2, -0.15) is 5.10 Å². The molecule has 0 bridgehead atoms. The number of aromatic nitrogens is 5. The lowest BCUT2D eigenvalue weighted by Gasteiger charge is -2.24. The molecular weight excluding hydrogens is 577 g/mol. The van der Waals surface area contributed by atoms with Crippen LogP contribution in [0, 0.1) is 6.92 Å². The highest BCUT2D eigenvalue weighted by atomic mass is 79.9. The van der Waals surface area contributed by atoms with Gasteiger partial charge in [0.15, 0.2) is 5.78 Å². The molecule has 0 unspecified atom stereocenters. The molecule has 2 atom stereocenters. The fourth-order valence-corrected chi connectivity index (χ4v) is 5.59. The van der Waals surface area contributed by atoms with E-state index >= 15 is 0 Å². The zero-order chi connectivity index (χ0) is 28.0. The number of allylic oxidation sites excluding steroid dienone is 1. The van der Waals surface area contributed by atoms with Gasteiger partial charge in [-0.05, 0) is 52.7 Å². The highest BCUT2D eigenvalue weighted by molar-refractivity contribution is 9.10. The average Bonchev–Trinajstić information content (AvgIpc) is 3.66. The van der Waals surface area contributed by atoms with E-state index < -0.39 is 12.2 Å². The number of hydrogen-bond acceptors (Lipinski definition) is 7. The van der Waals surface area contributed by atoms with Gasteiger partial charge in [-0.15, -0.1) is 0 Å². The van der Waals surface area contributed by atoms with Gasteiger partial charge in [-0.3, -0.25) is 19.3 Å². The van der Waals surface area contributed by atoms with Crippen molar-refractivity contribution in [3.8, 4) is 11.1 Å². The molecule has 0 radical (unpaired) electrons. The Balaban J connectivity index is 1.27. The number of likely N-dealkylation sites (tertiary alicyclic amines) is 1. The molecule has 40 heavy (non-hydrogen) atoms. The number of alkyl halides is 1. The van der Waals surface area contributed by atoms with E-state index in [1.54, 1.807) is 17.3 Å². The minimum Gasteiger partial charge on any atom is -0.330 e. The zero-order valence-electron chi connectivity index (χ0n) is 21.9. The number of carbonyl (C=O) groups excluding carboxylic acids is 2. The zero-order valence-corrected chi connectivity index (χ0v) is 23.5. The van der Waals surface area contributed by atoms with Crippen molar-refractivity contribution in [3.05, 3.63) is 76.7 Å². The number of hydrogen-bond donors (Lipinski definition) is 0. The van der Waals surface area contributed by atoms with Crippen molar-refractivity contribution in [2.75, 3.05) is 6.54 Å². The van der Waals surface area contributed by atoms with Gasteiger partial charge in [0.05, 0.1) is 29.5 Å². The molecule has 11 heteroatoms. The summed E-state index contributed by atoms with van der Waals surface area (Å²) in [7, 11) is 0. The summed E-state index contributed by atoms with van der Waals surface area (Å²) in [6.07, 6.45) is 4.98. The first-order valence-electron chi connectivity index (χ1n) is 12.9. The maximum Gasteiger partial charge on any atom is 0.244 e. The molecular formula is C29H25BrFN7O2. The maximum atomic E-state index is 14.7. The van der Waals surface area contributed by atoms with Crippen LogP contribution in [0.3, 0.4) is 0 Å². The lowest BCUT2D eigenvalue weighted by atomic mass is 10.0. The van der Waals surface area contributed by atoms with E-state index in [0.29, 0.717) is 39.1 Å². The van der Waals surface area contributed by atoms with E-state index in [1.807, 2.05) is 49.4 Å². The highest BCUT2D eigenvalue weighted by Crippen LogP contribution is 2.31. The van der Waals surface area contributed by atoms with Crippen molar-refractivity contribution < 1.29 is 14.0 Å². The van der Waals surface area contributed by atoms with E-state index in [9.17, 15) is 14.0 Å². The first-order chi connectivity index (χ1) is 19.3. The number of halogens is 2. The second-order valence-corrected chi connectivity index (χ2v) is 10.8. The van der Waals surface area contributed by atoms with E-state index in [0.717, 1.165) is 16.8 Å². The van der Waals surface area contributed by atoms with E-state index in [1.165, 1.54) is 11.6 Å². The highest BCUT2D eigenvalue weighted by Gasteiger charge is 2.39. The fraction of sp³-hybridized carbons (Fsp3) is 0.276. The summed E-state index contributed by atoms with van der Waals surface area (Å²) < 4.78 is 16.9. The standard InChI is InChI=1S/C29H25BrFN7O2/c1-16(39)29-21-10-18(19-12-32-17(2)33-13-19)6-9-25(21)38(36-29)15-28(40)37-14-20(31)11-26(37)24-8-7-23(34-24)22-4-3-5-27(30)35-22/h3-7,9-10,12-13,20,26H,8,11,14-15H2,1-2H3/t20-,26+/m1/s1. The number of fused-ring (bicyclic) bond motifs is 1. The van der Waals surface area contributed by atoms with Gasteiger partial charge in [-0.25, -0.2) is 19.3 Å². The molecule has 9 nitrogen and oxygen atoms in total. The smallest absolute Gasteiger partial charge is 0.244 e. The SMILES string of the molecule is CC(=O)c1nn(CC(=O)N2C[C@H](F)C[C@H]2C2=NC(c3cccc(Br)n3)=CC2)c2ccc(-c3cnc(C)nc3)cc12. The second-order valence-electron chi connectivity index (χ2n) is 9.95. The molecule has 6 rings (SSSR count). The molecule has 0 aliphatic carbocycles. The fourth-order valence-electron chi connectivity index (χ4n) is 5.25. The summed E-state index contributed by atoms with van der Waals surface area (Å²) >= 11 is 3.38. The molecule has 2 aliphatic heterocycles. The van der Waals surface area contributed by atoms with Gasteiger partial charge in [0.2, 0.25) is 5.91 Å². The van der Waals surface area contributed by atoms with Crippen LogP contribution in [0.1, 0.15) is 41.8 Å². The van der Waals surface area contributed by atoms with Crippen LogP contribution in [0.2, 0.25) is 0 Å². The number of rotatable bonds is 6. The van der Waals surface area contributed by atoms with Crippen molar-refractivity contribution in [3.63, 3.8) is 0 Å². The number of ketones is 1. The molecule has 4 aromatic rings. The third-order valence-corrected chi connectivity index (χ3v) is 7.63. The van der Waals surface area contributed by atoms with Crippen LogP contribution in [0.5, 0.6) is 0 Å². The van der Waals surface area contributed by atoms with E-state index in [4.69, 9.17) is 4.99 Å². The number of aliphatic imine (C=N–C) groups is 1. The third kappa shape index (κ3) is 4.97. The Kier molecular flexibility index (Phi) is 6.83. The van der Waals surface area contributed by atoms with Crippen LogP contribution >= 0.6 is 15.9 Å². The first-order valence-corrected chi connectivity index (χ1v) is 13.7. The number of amides is 1. The molecule has 1 aromatic carbocycles. The molecule has 0 saturated carbocycles. The number of nitrogens with zero attached hydrogens (tertiary/aromatic N) is 7. The van der Waals surface area contributed by atoms with Crippen LogP contribution in [0.4, 0.5) is 4.39 Å². The molecule has 1 fully saturated rings. The first kappa shape index (κ1) is 26.1. The summed E-state index contributed by atoms with van der Waals surface area (Å²) in [5.41, 5.74) is 4.73. The van der Waals surface area contributed by atoms with Crippen LogP contribution in [-0.2, 0) is 11.3 Å². The normalized spacial score (nSPS) is 18.8. The summed E-state index contributed by atoms with van der Waals surface area (Å²) in [5, 5.41) is 5.13. The molecule has 3 aromatic heterocycles. The lowest BCUT2D eigenvalue weighted by Crippen LogP contribution is -2.42. The topological polar surface area (TPSA) is 106 Å². The Morgan fingerprint density at radius 2 is 1.93 bits per heavy atom. The Labute approximate surface area is 238 Å². The number of Topliss-reactive ketones (excluding diaryl/α,β-unsaturated/α-hetero) is 1. The van der Waals surface area contributed by atoms with Crippen molar-refractivity contribution >= 4 is 49.9 Å². The number of pyridine rings is 1. The maximum absolute atomic E-state index is 14.7. The van der Waals surface area contributed by atoms with Gasteiger partial charge in [0.1, 0.15) is 28.8 Å². The van der Waals surface area contributed by atoms with Crippen LogP contribution < -0.4 is 0 Å². The molecule has 1 amide bonds. The van der Waals surface area contributed by atoms with Crippen LogP contribution in [-0.4, -0.2) is 65.8 Å². The van der Waals surface area contributed by atoms with Crippen LogP contribution in [0.25, 0.3) is 27.7 Å². The Hall–Kier alpha value is -4.12. The molecule has 1 saturated heterocycles. The lowest BCUT2D eigenvalue weighted by molar-refractivity contribution is -0.131. The number of benzene rings is 1. The van der Waals surface area contributed by atoms with E-state index in [-0.39, 0.29) is 36.9 Å². The second kappa shape index (κ2) is 10.5. The summed E-state index contributed by atoms with van der Waals surface area (Å²) in [4.78, 5) is 45.3. The molecule has 5 heterocycles. The molecule has 0 spiro atoms. The van der Waals surface area contributed by atoms with Crippen molar-refractivity contribution in [2.24, 2.45) is 4.99 Å². The van der Waals surface area contributed by atoms with Crippen LogP contribution in [0.15, 0.2) is 64.5 Å². The molecule has 2 aliphatic rings. The van der Waals surface area contributed by atoms with Gasteiger partial charge >= 0.3 is 0 Å². The quantitative estimate of drug-likeness (QED) is 0.228. The Morgan fingerprint density at radius 3 is 2.67 bits per heavy atom. The summed E-state index contributed by atoms with van der Waals surface area (Å²) in [6.45, 7) is 3.12. The number of carbonyl (C=O) groups is 2. The van der Waals surface area contributed by atoms with Crippen molar-refractivity contribution in [2.45, 2.75) is 45.4 Å². The molecule has 202 valence electrons. The summed E-state index contributed by atoms with van der Waals surface area (Å²) in [5.74, 6) is 0.172. The minimum absolute atomic E-state index is 0.0106. The van der Waals surface area contributed by atoms with Gasteiger partial charge in [0, 0.05) is 48.8 Å². The molecule has 0 N–H and O–H groups in total. The predicted molar refractivity (Wildman–Crippen MR) is 152 cm³/mol. The average molecular weight is 602 g/mol. The summed E-state index contributed by atoms with van der Waals surface area (Å²) in [6, 6.07) is 10.7. The predicted octanol–water partition coefficient (Wildman–Crippen LogP) is 4.99. The van der Waals surface area contributed by atoms with Gasteiger partial charge < -0.3 is 4.90 Å². The Bertz CT molecular complexity index is 1710. The van der Waals surface area contributed by atoms with Gasteiger partial charge in [0.25, 0.3) is 0 Å². The van der Waals surface area contributed by atoms with Crippen molar-refractivity contribution in [1.82, 2.24) is 29.6 Å². The van der Waals surface area contributed by atoms with Gasteiger partial charge in [-0.1, -0.05) is 18.2 Å². The largest absolute Gasteiger partial charge is 0.330 e. The Morgan fingerprint density at radius 1 is 1.12 bits per heavy atom. The van der Waals surface area contributed by atoms with E-state index in [2.05, 4.69) is 36.0 Å². The monoisotopic (exact) mass is 601 g/mol. The number of aryl methyl sites for hydroxylation is 1. The minimum atomic E-state index is -1.15.